The number of rotatable bonds is 3. The Kier molecular flexibility index (Phi) is 5.39. The molecule has 0 radical (unpaired) electrons. The minimum Gasteiger partial charge on any atom is -0.337 e. The Bertz CT molecular complexity index is 855. The number of pyridine rings is 1. The van der Waals surface area contributed by atoms with Gasteiger partial charge in [0.05, 0.1) is 11.6 Å². The van der Waals surface area contributed by atoms with E-state index in [2.05, 4.69) is 35.0 Å². The summed E-state index contributed by atoms with van der Waals surface area (Å²) < 4.78 is 0. The Morgan fingerprint density at radius 1 is 1.11 bits per heavy atom. The quantitative estimate of drug-likeness (QED) is 0.819. The molecule has 4 rings (SSSR count). The molecule has 0 spiro atoms. The maximum atomic E-state index is 13.1. The largest absolute Gasteiger partial charge is 0.337 e. The van der Waals surface area contributed by atoms with E-state index in [1.165, 1.54) is 11.1 Å². The number of piperazine rings is 1. The van der Waals surface area contributed by atoms with E-state index in [9.17, 15) is 9.59 Å². The second-order valence-electron chi connectivity index (χ2n) is 7.62. The van der Waals surface area contributed by atoms with Gasteiger partial charge in [-0.1, -0.05) is 29.8 Å². The number of amides is 2. The first-order valence-electron chi connectivity index (χ1n) is 9.89. The lowest BCUT2D eigenvalue weighted by Crippen LogP contribution is -2.56. The van der Waals surface area contributed by atoms with Crippen molar-refractivity contribution < 1.29 is 9.59 Å². The Hall–Kier alpha value is -2.73. The average molecular weight is 378 g/mol. The maximum absolute atomic E-state index is 13.1. The highest BCUT2D eigenvalue weighted by atomic mass is 16.2. The molecule has 1 atom stereocenters. The zero-order valence-corrected chi connectivity index (χ0v) is 16.3. The van der Waals surface area contributed by atoms with Crippen LogP contribution in [-0.4, -0.2) is 70.3 Å². The number of aryl methyl sites for hydroxylation is 1. The van der Waals surface area contributed by atoms with E-state index < -0.39 is 0 Å². The van der Waals surface area contributed by atoms with Crippen LogP contribution in [-0.2, 0) is 11.3 Å². The summed E-state index contributed by atoms with van der Waals surface area (Å²) in [5, 5.41) is 0. The standard InChI is InChI=1S/C22H26N4O2/c1-17-4-2-5-18(14-17)16-26-13-11-24-10-12-25(9-7-20(24)22(26)28)21(27)19-6-3-8-23-15-19/h2-6,8,14-15,20H,7,9-13,16H2,1H3. The van der Waals surface area contributed by atoms with Gasteiger partial charge in [0.25, 0.3) is 5.91 Å². The van der Waals surface area contributed by atoms with E-state index in [0.29, 0.717) is 31.6 Å². The summed E-state index contributed by atoms with van der Waals surface area (Å²) in [6, 6.07) is 11.8. The number of hydrogen-bond donors (Lipinski definition) is 0. The van der Waals surface area contributed by atoms with E-state index in [4.69, 9.17) is 0 Å². The molecule has 6 heteroatoms. The lowest BCUT2D eigenvalue weighted by atomic mass is 10.1. The molecule has 28 heavy (non-hydrogen) atoms. The van der Waals surface area contributed by atoms with Crippen molar-refractivity contribution in [2.75, 3.05) is 32.7 Å². The summed E-state index contributed by atoms with van der Waals surface area (Å²) >= 11 is 0. The Morgan fingerprint density at radius 2 is 1.96 bits per heavy atom. The molecule has 1 aromatic heterocycles. The van der Waals surface area contributed by atoms with E-state index in [1.54, 1.807) is 24.5 Å². The minimum atomic E-state index is -0.134. The van der Waals surface area contributed by atoms with Crippen LogP contribution in [0.1, 0.15) is 27.9 Å². The van der Waals surface area contributed by atoms with E-state index in [-0.39, 0.29) is 17.9 Å². The second-order valence-corrected chi connectivity index (χ2v) is 7.62. The fourth-order valence-corrected chi connectivity index (χ4v) is 4.16. The van der Waals surface area contributed by atoms with Crippen molar-refractivity contribution in [3.8, 4) is 0 Å². The first-order chi connectivity index (χ1) is 13.6. The molecule has 2 fully saturated rings. The average Bonchev–Trinajstić information content (AvgIpc) is 2.93. The molecule has 2 aromatic rings. The van der Waals surface area contributed by atoms with Gasteiger partial charge in [-0.25, -0.2) is 0 Å². The molecule has 1 aromatic carbocycles. The molecule has 2 saturated heterocycles. The zero-order chi connectivity index (χ0) is 19.5. The van der Waals surface area contributed by atoms with Crippen molar-refractivity contribution in [1.82, 2.24) is 19.7 Å². The molecule has 2 aliphatic rings. The van der Waals surface area contributed by atoms with Crippen LogP contribution in [0, 0.1) is 6.92 Å². The van der Waals surface area contributed by atoms with Crippen molar-refractivity contribution >= 4 is 11.8 Å². The summed E-state index contributed by atoms with van der Waals surface area (Å²) in [7, 11) is 0. The van der Waals surface area contributed by atoms with Crippen LogP contribution < -0.4 is 0 Å². The van der Waals surface area contributed by atoms with E-state index in [1.807, 2.05) is 15.9 Å². The van der Waals surface area contributed by atoms with Crippen LogP contribution in [0.5, 0.6) is 0 Å². The number of carbonyl (C=O) groups excluding carboxylic acids is 2. The summed E-state index contributed by atoms with van der Waals surface area (Å²) in [4.78, 5) is 36.0. The Balaban J connectivity index is 1.42. The third-order valence-corrected chi connectivity index (χ3v) is 5.68. The Labute approximate surface area is 165 Å². The number of benzene rings is 1. The first-order valence-corrected chi connectivity index (χ1v) is 9.89. The van der Waals surface area contributed by atoms with E-state index in [0.717, 1.165) is 19.6 Å². The van der Waals surface area contributed by atoms with Crippen LogP contribution in [0.4, 0.5) is 0 Å². The lowest BCUT2D eigenvalue weighted by Gasteiger charge is -2.39. The molecule has 3 heterocycles. The van der Waals surface area contributed by atoms with Gasteiger partial charge >= 0.3 is 0 Å². The van der Waals surface area contributed by atoms with Crippen LogP contribution in [0.2, 0.25) is 0 Å². The first kappa shape index (κ1) is 18.6. The molecular weight excluding hydrogens is 352 g/mol. The molecule has 0 bridgehead atoms. The fraction of sp³-hybridized carbons (Fsp3) is 0.409. The molecule has 1 unspecified atom stereocenters. The third-order valence-electron chi connectivity index (χ3n) is 5.68. The minimum absolute atomic E-state index is 0.00277. The topological polar surface area (TPSA) is 56.8 Å². The smallest absolute Gasteiger partial charge is 0.255 e. The predicted octanol–water partition coefficient (Wildman–Crippen LogP) is 1.95. The van der Waals surface area contributed by atoms with Gasteiger partial charge in [0.2, 0.25) is 5.91 Å². The predicted molar refractivity (Wildman–Crippen MR) is 107 cm³/mol. The highest BCUT2D eigenvalue weighted by Crippen LogP contribution is 2.21. The lowest BCUT2D eigenvalue weighted by molar-refractivity contribution is -0.142. The number of hydrogen-bond acceptors (Lipinski definition) is 4. The van der Waals surface area contributed by atoms with Crippen LogP contribution >= 0.6 is 0 Å². The van der Waals surface area contributed by atoms with Crippen LogP contribution in [0.3, 0.4) is 0 Å². The molecule has 0 saturated carbocycles. The van der Waals surface area contributed by atoms with E-state index >= 15 is 0 Å². The fourth-order valence-electron chi connectivity index (χ4n) is 4.16. The molecule has 146 valence electrons. The van der Waals surface area contributed by atoms with Gasteiger partial charge in [0, 0.05) is 51.7 Å². The van der Waals surface area contributed by atoms with Crippen molar-refractivity contribution in [1.29, 1.82) is 0 Å². The van der Waals surface area contributed by atoms with Crippen molar-refractivity contribution in [2.24, 2.45) is 0 Å². The van der Waals surface area contributed by atoms with Crippen LogP contribution in [0.15, 0.2) is 48.8 Å². The summed E-state index contributed by atoms with van der Waals surface area (Å²) in [6.07, 6.45) is 3.95. The van der Waals surface area contributed by atoms with Gasteiger partial charge in [-0.3, -0.25) is 19.5 Å². The third kappa shape index (κ3) is 3.92. The van der Waals surface area contributed by atoms with Gasteiger partial charge in [-0.2, -0.15) is 0 Å². The van der Waals surface area contributed by atoms with Gasteiger partial charge in [-0.15, -0.1) is 0 Å². The van der Waals surface area contributed by atoms with Crippen molar-refractivity contribution in [3.63, 3.8) is 0 Å². The van der Waals surface area contributed by atoms with Gasteiger partial charge in [-0.05, 0) is 31.0 Å². The van der Waals surface area contributed by atoms with Gasteiger partial charge < -0.3 is 9.80 Å². The number of aromatic nitrogens is 1. The Morgan fingerprint density at radius 3 is 2.75 bits per heavy atom. The molecule has 2 aliphatic heterocycles. The number of carbonyl (C=O) groups is 2. The number of fused-ring (bicyclic) bond motifs is 1. The monoisotopic (exact) mass is 378 g/mol. The normalized spacial score (nSPS) is 20.6. The van der Waals surface area contributed by atoms with Crippen LogP contribution in [0.25, 0.3) is 0 Å². The number of nitrogens with zero attached hydrogens (tertiary/aromatic N) is 4. The maximum Gasteiger partial charge on any atom is 0.255 e. The van der Waals surface area contributed by atoms with Gasteiger partial charge in [0.15, 0.2) is 0 Å². The zero-order valence-electron chi connectivity index (χ0n) is 16.3. The highest BCUT2D eigenvalue weighted by Gasteiger charge is 2.37. The molecule has 6 nitrogen and oxygen atoms in total. The van der Waals surface area contributed by atoms with Crippen molar-refractivity contribution in [3.05, 3.63) is 65.5 Å². The molecule has 0 N–H and O–H groups in total. The molecule has 2 amide bonds. The van der Waals surface area contributed by atoms with Crippen molar-refractivity contribution in [2.45, 2.75) is 25.9 Å². The SMILES string of the molecule is Cc1cccc(CN2CCN3CCN(C(=O)c4cccnc4)CCC3C2=O)c1. The molecular formula is C22H26N4O2. The molecule has 0 aliphatic carbocycles. The second kappa shape index (κ2) is 8.10. The van der Waals surface area contributed by atoms with Gasteiger partial charge in [0.1, 0.15) is 0 Å². The summed E-state index contributed by atoms with van der Waals surface area (Å²) in [6.45, 7) is 6.30. The summed E-state index contributed by atoms with van der Waals surface area (Å²) in [5.41, 5.74) is 2.99. The summed E-state index contributed by atoms with van der Waals surface area (Å²) in [5.74, 6) is 0.181. The highest BCUT2D eigenvalue weighted by molar-refractivity contribution is 5.94.